The van der Waals surface area contributed by atoms with Gasteiger partial charge in [0.2, 0.25) is 11.8 Å². The van der Waals surface area contributed by atoms with Crippen molar-refractivity contribution in [3.05, 3.63) is 45.9 Å². The van der Waals surface area contributed by atoms with Crippen LogP contribution in [-0.4, -0.2) is 93.9 Å². The summed E-state index contributed by atoms with van der Waals surface area (Å²) in [7, 11) is 1.94. The van der Waals surface area contributed by atoms with Gasteiger partial charge in [0, 0.05) is 36.2 Å². The molecule has 1 aliphatic rings. The van der Waals surface area contributed by atoms with E-state index in [9.17, 15) is 29.1 Å². The first-order valence-corrected chi connectivity index (χ1v) is 20.5. The smallest absolute Gasteiger partial charge is 0.307 e. The van der Waals surface area contributed by atoms with Crippen molar-refractivity contribution in [2.75, 3.05) is 20.3 Å². The summed E-state index contributed by atoms with van der Waals surface area (Å²) in [6.07, 6.45) is 6.16. The molecule has 0 aliphatic carbocycles. The number of nitrogens with zero attached hydrogens (tertiary/aromatic N) is 3. The van der Waals surface area contributed by atoms with Crippen LogP contribution in [-0.2, 0) is 36.8 Å². The van der Waals surface area contributed by atoms with Crippen molar-refractivity contribution in [2.24, 2.45) is 17.8 Å². The molecule has 2 aromatic rings. The van der Waals surface area contributed by atoms with Crippen LogP contribution in [0.5, 0.6) is 5.75 Å². The molecule has 0 saturated carbocycles. The molecule has 2 heterocycles. The summed E-state index contributed by atoms with van der Waals surface area (Å²) in [5, 5.41) is 18.3. The number of likely N-dealkylation sites (tertiary alicyclic amines) is 1. The molecule has 1 aromatic heterocycles. The fourth-order valence-corrected chi connectivity index (χ4v) is 7.66. The first-order valence-electron chi connectivity index (χ1n) is 19.6. The first-order chi connectivity index (χ1) is 25.6. The van der Waals surface area contributed by atoms with Gasteiger partial charge in [-0.1, -0.05) is 66.5 Å². The summed E-state index contributed by atoms with van der Waals surface area (Å²) in [5.41, 5.74) is 1.19. The standard InChI is InChI=1S/C41H63N5O7S/c1-9-13-37(49)53-25-46(41(52)38(27(5)10-2)44-40(51)35-14-11-12-21-45(35)8)34(26(3)4)19-20-36-43-33(24-54-36)39(50)42-31(22-28(6)29(7)47)23-30-15-17-32(48)18-16-30/h15-18,24,26-28,31,34-35,38,48H,9-14,19-23,25H2,1-8H3,(H,42,50)(H,44,51)/t27?,28-,31+,34+,35+,38-/m0/s1. The van der Waals surface area contributed by atoms with Crippen LogP contribution in [0.3, 0.4) is 0 Å². The molecule has 1 fully saturated rings. The second kappa shape index (κ2) is 21.9. The highest BCUT2D eigenvalue weighted by molar-refractivity contribution is 7.09. The zero-order valence-electron chi connectivity index (χ0n) is 33.6. The number of hydrogen-bond donors (Lipinski definition) is 3. The van der Waals surface area contributed by atoms with E-state index in [0.717, 1.165) is 36.4 Å². The highest BCUT2D eigenvalue weighted by atomic mass is 32.1. The third-order valence-corrected chi connectivity index (χ3v) is 11.6. The Bertz CT molecular complexity index is 1530. The van der Waals surface area contributed by atoms with Crippen LogP contribution in [0.2, 0.25) is 0 Å². The largest absolute Gasteiger partial charge is 0.508 e. The van der Waals surface area contributed by atoms with Crippen molar-refractivity contribution in [2.45, 2.75) is 137 Å². The van der Waals surface area contributed by atoms with E-state index < -0.39 is 6.04 Å². The minimum Gasteiger partial charge on any atom is -0.508 e. The molecule has 0 bridgehead atoms. The number of phenols is 1. The number of aromatic hydroxyl groups is 1. The lowest BCUT2D eigenvalue weighted by Gasteiger charge is -2.39. The Hall–Kier alpha value is -3.84. The number of aromatic nitrogens is 1. The third-order valence-electron chi connectivity index (χ3n) is 10.6. The molecule has 3 amide bonds. The lowest BCUT2D eigenvalue weighted by Crippen LogP contribution is -2.59. The number of nitrogens with one attached hydrogen (secondary N) is 2. The fourth-order valence-electron chi connectivity index (χ4n) is 6.87. The number of likely N-dealkylation sites (N-methyl/N-ethyl adjacent to an activating group) is 1. The van der Waals surface area contributed by atoms with Crippen LogP contribution >= 0.6 is 11.3 Å². The predicted octanol–water partition coefficient (Wildman–Crippen LogP) is 5.91. The number of ketones is 1. The summed E-state index contributed by atoms with van der Waals surface area (Å²) in [6.45, 7) is 13.9. The molecule has 1 saturated heterocycles. The van der Waals surface area contributed by atoms with Gasteiger partial charge in [0.25, 0.3) is 5.91 Å². The molecule has 0 spiro atoms. The van der Waals surface area contributed by atoms with Crippen molar-refractivity contribution in [1.29, 1.82) is 0 Å². The molecule has 3 N–H and O–H groups in total. The molecule has 1 aliphatic heterocycles. The Morgan fingerprint density at radius 1 is 1.06 bits per heavy atom. The van der Waals surface area contributed by atoms with E-state index in [1.54, 1.807) is 41.5 Å². The van der Waals surface area contributed by atoms with Crippen molar-refractivity contribution in [3.63, 3.8) is 0 Å². The zero-order valence-corrected chi connectivity index (χ0v) is 34.4. The number of carbonyl (C=O) groups is 5. The van der Waals surface area contributed by atoms with Gasteiger partial charge in [-0.05, 0) is 88.6 Å². The molecule has 6 atom stereocenters. The maximum absolute atomic E-state index is 14.5. The molecule has 12 nitrogen and oxygen atoms in total. The van der Waals surface area contributed by atoms with E-state index >= 15 is 0 Å². The number of carbonyl (C=O) groups excluding carboxylic acids is 5. The van der Waals surface area contributed by atoms with Gasteiger partial charge in [0.1, 0.15) is 23.3 Å². The van der Waals surface area contributed by atoms with Crippen molar-refractivity contribution >= 4 is 40.8 Å². The summed E-state index contributed by atoms with van der Waals surface area (Å²) in [4.78, 5) is 74.6. The van der Waals surface area contributed by atoms with Crippen LogP contribution in [0.1, 0.15) is 121 Å². The SMILES string of the molecule is CCCC(=O)OCN(C(=O)[C@@H](NC(=O)[C@H]1CCCCN1C)C(C)CC)[C@H](CCc1nc(C(=O)N[C@@H](Cc2ccc(O)cc2)C[C@H](C)C(C)=O)cs1)C(C)C. The number of phenolic OH excluding ortho intramolecular Hbond substituents is 1. The van der Waals surface area contributed by atoms with Gasteiger partial charge >= 0.3 is 5.97 Å². The summed E-state index contributed by atoms with van der Waals surface area (Å²) in [5.74, 6) is -1.40. The molecule has 13 heteroatoms. The average molecular weight is 770 g/mol. The second-order valence-electron chi connectivity index (χ2n) is 15.3. The number of aryl methyl sites for hydroxylation is 1. The first kappa shape index (κ1) is 44.6. The van der Waals surface area contributed by atoms with E-state index in [2.05, 4.69) is 15.6 Å². The van der Waals surface area contributed by atoms with Crippen LogP contribution < -0.4 is 10.6 Å². The molecule has 3 rings (SSSR count). The van der Waals surface area contributed by atoms with E-state index in [0.29, 0.717) is 38.5 Å². The maximum Gasteiger partial charge on any atom is 0.307 e. The van der Waals surface area contributed by atoms with Gasteiger partial charge in [0.15, 0.2) is 6.73 Å². The van der Waals surface area contributed by atoms with Crippen LogP contribution in [0.4, 0.5) is 0 Å². The molecule has 0 radical (unpaired) electrons. The Morgan fingerprint density at radius 3 is 2.37 bits per heavy atom. The van der Waals surface area contributed by atoms with Crippen LogP contribution in [0.15, 0.2) is 29.6 Å². The Morgan fingerprint density at radius 2 is 1.76 bits per heavy atom. The van der Waals surface area contributed by atoms with Gasteiger partial charge in [-0.15, -0.1) is 11.3 Å². The minimum absolute atomic E-state index is 0.0248. The number of benzene rings is 1. The Labute approximate surface area is 325 Å². The quantitative estimate of drug-likeness (QED) is 0.104. The number of thiazole rings is 1. The number of ether oxygens (including phenoxy) is 1. The molecule has 300 valence electrons. The van der Waals surface area contributed by atoms with Crippen LogP contribution in [0, 0.1) is 17.8 Å². The monoisotopic (exact) mass is 769 g/mol. The highest BCUT2D eigenvalue weighted by Crippen LogP contribution is 2.24. The molecule has 54 heavy (non-hydrogen) atoms. The minimum atomic E-state index is -0.792. The van der Waals surface area contributed by atoms with Gasteiger partial charge in [-0.25, -0.2) is 4.98 Å². The van der Waals surface area contributed by atoms with E-state index in [1.807, 2.05) is 53.5 Å². The summed E-state index contributed by atoms with van der Waals surface area (Å²) < 4.78 is 5.66. The van der Waals surface area contributed by atoms with Gasteiger partial charge < -0.3 is 25.4 Å². The van der Waals surface area contributed by atoms with Crippen LogP contribution in [0.25, 0.3) is 0 Å². The molecule has 1 unspecified atom stereocenters. The number of rotatable bonds is 21. The number of esters is 1. The Balaban J connectivity index is 1.80. The van der Waals surface area contributed by atoms with Crippen molar-refractivity contribution in [3.8, 4) is 5.75 Å². The van der Waals surface area contributed by atoms with Crippen molar-refractivity contribution in [1.82, 2.24) is 25.4 Å². The zero-order chi connectivity index (χ0) is 39.9. The Kier molecular flexibility index (Phi) is 18.1. The number of Topliss-reactive ketones (excluding diaryl/α,β-unsaturated/α-hetero) is 1. The van der Waals surface area contributed by atoms with Gasteiger partial charge in [-0.3, -0.25) is 28.9 Å². The van der Waals surface area contributed by atoms with Gasteiger partial charge in [-0.2, -0.15) is 0 Å². The lowest BCUT2D eigenvalue weighted by atomic mass is 9.93. The average Bonchev–Trinajstić information content (AvgIpc) is 3.61. The summed E-state index contributed by atoms with van der Waals surface area (Å²) in [6, 6.07) is 5.02. The maximum atomic E-state index is 14.5. The fraction of sp³-hybridized carbons (Fsp3) is 0.659. The second-order valence-corrected chi connectivity index (χ2v) is 16.3. The van der Waals surface area contributed by atoms with Crippen molar-refractivity contribution < 1.29 is 33.8 Å². The number of piperidine rings is 1. The molecular weight excluding hydrogens is 707 g/mol. The number of hydrogen-bond acceptors (Lipinski definition) is 10. The highest BCUT2D eigenvalue weighted by Gasteiger charge is 2.37. The molecule has 1 aromatic carbocycles. The van der Waals surface area contributed by atoms with E-state index in [-0.39, 0.29) is 89.9 Å². The third kappa shape index (κ3) is 13.5. The lowest BCUT2D eigenvalue weighted by molar-refractivity contribution is -0.159. The topological polar surface area (TPSA) is 158 Å². The normalized spacial score (nSPS) is 17.5. The summed E-state index contributed by atoms with van der Waals surface area (Å²) >= 11 is 1.36. The predicted molar refractivity (Wildman–Crippen MR) is 211 cm³/mol. The number of amides is 3. The molecular formula is C41H63N5O7S. The van der Waals surface area contributed by atoms with E-state index in [1.165, 1.54) is 11.3 Å². The van der Waals surface area contributed by atoms with E-state index in [4.69, 9.17) is 4.74 Å². The van der Waals surface area contributed by atoms with Gasteiger partial charge in [0.05, 0.1) is 11.0 Å².